The van der Waals surface area contributed by atoms with Crippen molar-refractivity contribution in [2.45, 2.75) is 43.1 Å². The van der Waals surface area contributed by atoms with E-state index in [1.54, 1.807) is 72.8 Å². The van der Waals surface area contributed by atoms with Gasteiger partial charge in [-0.3, -0.25) is 0 Å². The average molecular weight is 739 g/mol. The number of carbonyl (C=O) groups excluding carboxylic acids is 3. The lowest BCUT2D eigenvalue weighted by Gasteiger charge is -2.57. The molecule has 9 nitrogen and oxygen atoms in total. The molecule has 4 bridgehead atoms. The third kappa shape index (κ3) is 5.48. The van der Waals surface area contributed by atoms with Crippen LogP contribution >= 0.6 is 47.8 Å². The van der Waals surface area contributed by atoms with Crippen LogP contribution in [0.15, 0.2) is 86.2 Å². The van der Waals surface area contributed by atoms with E-state index in [2.05, 4.69) is 47.8 Å². The Hall–Kier alpha value is -2.61. The quantitative estimate of drug-likeness (QED) is 0.242. The van der Waals surface area contributed by atoms with Crippen LogP contribution in [0.1, 0.15) is 31.1 Å². The Morgan fingerprint density at radius 1 is 0.475 bits per heavy atom. The molecule has 7 rings (SSSR count). The second kappa shape index (κ2) is 11.3. The summed E-state index contributed by atoms with van der Waals surface area (Å²) in [5.41, 5.74) is 0.875. The van der Waals surface area contributed by atoms with Crippen LogP contribution in [0.4, 0.5) is 0 Å². The van der Waals surface area contributed by atoms with Crippen molar-refractivity contribution in [1.29, 1.82) is 0 Å². The van der Waals surface area contributed by atoms with Crippen LogP contribution < -0.4 is 0 Å². The highest BCUT2D eigenvalue weighted by molar-refractivity contribution is 9.11. The van der Waals surface area contributed by atoms with Gasteiger partial charge in [0.2, 0.25) is 0 Å². The summed E-state index contributed by atoms with van der Waals surface area (Å²) >= 11 is 10.0. The monoisotopic (exact) mass is 736 g/mol. The first-order valence-electron chi connectivity index (χ1n) is 12.1. The summed E-state index contributed by atoms with van der Waals surface area (Å²) in [5.74, 6) is -1.93. The van der Waals surface area contributed by atoms with Crippen LogP contribution in [0.25, 0.3) is 0 Å². The number of hydrogen-bond donors (Lipinski definition) is 0. The number of carbonyl (C=O) groups is 3. The van der Waals surface area contributed by atoms with Gasteiger partial charge in [-0.25, -0.2) is 14.4 Å². The van der Waals surface area contributed by atoms with E-state index in [-0.39, 0.29) is 0 Å². The molecular weight excluding hydrogens is 720 g/mol. The fourth-order valence-electron chi connectivity index (χ4n) is 4.80. The minimum atomic E-state index is -1.10. The van der Waals surface area contributed by atoms with Gasteiger partial charge in [0.25, 0.3) is 6.48 Å². The number of halogens is 3. The van der Waals surface area contributed by atoms with E-state index in [0.717, 1.165) is 13.4 Å². The van der Waals surface area contributed by atoms with Gasteiger partial charge in [-0.05, 0) is 72.8 Å². The van der Waals surface area contributed by atoms with Crippen molar-refractivity contribution in [1.82, 2.24) is 0 Å². The molecule has 0 unspecified atom stereocenters. The molecule has 0 atom stereocenters. The van der Waals surface area contributed by atoms with Gasteiger partial charge in [-0.15, -0.1) is 0 Å². The first kappa shape index (κ1) is 27.6. The van der Waals surface area contributed by atoms with E-state index in [0.29, 0.717) is 16.7 Å². The van der Waals surface area contributed by atoms with E-state index in [4.69, 9.17) is 28.4 Å². The van der Waals surface area contributed by atoms with Crippen LogP contribution in [0.2, 0.25) is 0 Å². The Morgan fingerprint density at radius 2 is 0.725 bits per heavy atom. The molecule has 3 heterocycles. The highest BCUT2D eigenvalue weighted by Gasteiger charge is 2.66. The number of ether oxygens (including phenoxy) is 6. The van der Waals surface area contributed by atoms with Gasteiger partial charge in [0.1, 0.15) is 18.3 Å². The van der Waals surface area contributed by atoms with Crippen molar-refractivity contribution < 1.29 is 42.8 Å². The van der Waals surface area contributed by atoms with Crippen molar-refractivity contribution in [2.75, 3.05) is 0 Å². The minimum absolute atomic E-state index is 0.292. The van der Waals surface area contributed by atoms with E-state index in [1.807, 2.05) is 0 Å². The van der Waals surface area contributed by atoms with E-state index in [1.165, 1.54) is 0 Å². The summed E-state index contributed by atoms with van der Waals surface area (Å²) in [6, 6.07) is 19.9. The maximum atomic E-state index is 13.1. The minimum Gasteiger partial charge on any atom is -0.453 e. The van der Waals surface area contributed by atoms with Gasteiger partial charge < -0.3 is 28.4 Å². The molecule has 12 heteroatoms. The van der Waals surface area contributed by atoms with Gasteiger partial charge in [-0.2, -0.15) is 0 Å². The molecular formula is C28H19Br3O9. The van der Waals surface area contributed by atoms with E-state index < -0.39 is 61.0 Å². The van der Waals surface area contributed by atoms with Gasteiger partial charge in [-0.1, -0.05) is 47.8 Å². The predicted molar refractivity (Wildman–Crippen MR) is 148 cm³/mol. The summed E-state index contributed by atoms with van der Waals surface area (Å²) in [6.45, 7) is -1.10. The Balaban J connectivity index is 1.30. The lowest BCUT2D eigenvalue weighted by Crippen LogP contribution is -2.76. The van der Waals surface area contributed by atoms with Crippen molar-refractivity contribution in [3.63, 3.8) is 0 Å². The normalized spacial score (nSPS) is 28.1. The second-order valence-electron chi connectivity index (χ2n) is 9.22. The molecule has 206 valence electrons. The first-order valence-corrected chi connectivity index (χ1v) is 14.5. The standard InChI is InChI=1S/C28H19Br3O9/c29-16-7-1-13(2-8-16)25(32)35-19-22-20(36-26(33)14-3-9-17(30)10-4-14)24-21(23(19)39-28(38-22)40-24)37-27(34)15-5-11-18(31)12-6-15/h1-12,19-24,28H. The number of rotatable bonds is 6. The third-order valence-electron chi connectivity index (χ3n) is 6.72. The topological polar surface area (TPSA) is 107 Å². The van der Waals surface area contributed by atoms with Crippen molar-refractivity contribution in [3.05, 3.63) is 103 Å². The fourth-order valence-corrected chi connectivity index (χ4v) is 5.60. The predicted octanol–water partition coefficient (Wildman–Crippen LogP) is 5.43. The van der Waals surface area contributed by atoms with Gasteiger partial charge >= 0.3 is 17.9 Å². The van der Waals surface area contributed by atoms with Crippen molar-refractivity contribution >= 4 is 65.7 Å². The molecule has 3 aromatic rings. The molecule has 0 aromatic heterocycles. The Kier molecular flexibility index (Phi) is 7.81. The molecule has 3 saturated heterocycles. The SMILES string of the molecule is O=C(OC1C2OC3OC1C(OC(=O)c1ccc(Br)cc1)C(O3)C2OC(=O)c1ccc(Br)cc1)c1ccc(Br)cc1. The van der Waals surface area contributed by atoms with Crippen LogP contribution in [0.3, 0.4) is 0 Å². The van der Waals surface area contributed by atoms with Crippen LogP contribution in [-0.4, -0.2) is 61.0 Å². The Labute approximate surface area is 253 Å². The van der Waals surface area contributed by atoms with Crippen LogP contribution in [0.5, 0.6) is 0 Å². The molecule has 1 aliphatic carbocycles. The molecule has 3 aromatic carbocycles. The van der Waals surface area contributed by atoms with Crippen molar-refractivity contribution in [2.24, 2.45) is 0 Å². The summed E-state index contributed by atoms with van der Waals surface area (Å²) < 4.78 is 37.5. The number of hydrogen-bond acceptors (Lipinski definition) is 9. The second-order valence-corrected chi connectivity index (χ2v) is 12.0. The molecule has 4 fully saturated rings. The molecule has 4 aliphatic rings. The molecule has 0 N–H and O–H groups in total. The summed E-state index contributed by atoms with van der Waals surface area (Å²) in [5, 5.41) is 0. The number of esters is 3. The molecule has 1 saturated carbocycles. The Bertz CT molecular complexity index is 1240. The van der Waals surface area contributed by atoms with E-state index in [9.17, 15) is 14.4 Å². The lowest BCUT2D eigenvalue weighted by atomic mass is 9.82. The zero-order valence-electron chi connectivity index (χ0n) is 20.3. The van der Waals surface area contributed by atoms with Crippen molar-refractivity contribution in [3.8, 4) is 0 Å². The molecule has 3 aliphatic heterocycles. The summed E-state index contributed by atoms with van der Waals surface area (Å²) in [7, 11) is 0. The van der Waals surface area contributed by atoms with Gasteiger partial charge in [0.15, 0.2) is 18.3 Å². The zero-order chi connectivity index (χ0) is 28.0. The molecule has 40 heavy (non-hydrogen) atoms. The van der Waals surface area contributed by atoms with E-state index >= 15 is 0 Å². The highest BCUT2D eigenvalue weighted by atomic mass is 79.9. The smallest absolute Gasteiger partial charge is 0.338 e. The number of benzene rings is 3. The zero-order valence-corrected chi connectivity index (χ0v) is 25.0. The maximum absolute atomic E-state index is 13.1. The average Bonchev–Trinajstić information content (AvgIpc) is 2.94. The van der Waals surface area contributed by atoms with Crippen LogP contribution in [0, 0.1) is 0 Å². The molecule has 0 spiro atoms. The first-order chi connectivity index (χ1) is 19.3. The molecule has 0 amide bonds. The van der Waals surface area contributed by atoms with Gasteiger partial charge in [0, 0.05) is 13.4 Å². The van der Waals surface area contributed by atoms with Crippen LogP contribution in [-0.2, 0) is 28.4 Å². The Morgan fingerprint density at radius 3 is 0.975 bits per heavy atom. The summed E-state index contributed by atoms with van der Waals surface area (Å²) in [6.07, 6.45) is -5.99. The fraction of sp³-hybridized carbons (Fsp3) is 0.250. The molecule has 0 radical (unpaired) electrons. The lowest BCUT2D eigenvalue weighted by molar-refractivity contribution is -0.478. The highest BCUT2D eigenvalue weighted by Crippen LogP contribution is 2.44. The third-order valence-corrected chi connectivity index (χ3v) is 8.30. The maximum Gasteiger partial charge on any atom is 0.338 e. The summed E-state index contributed by atoms with van der Waals surface area (Å²) in [4.78, 5) is 39.3. The van der Waals surface area contributed by atoms with Gasteiger partial charge in [0.05, 0.1) is 16.7 Å². The largest absolute Gasteiger partial charge is 0.453 e.